The summed E-state index contributed by atoms with van der Waals surface area (Å²) in [6.07, 6.45) is 2.16. The van der Waals surface area contributed by atoms with Gasteiger partial charge in [0.2, 0.25) is 15.9 Å². The molecule has 1 aromatic heterocycles. The van der Waals surface area contributed by atoms with Crippen LogP contribution in [0.1, 0.15) is 39.7 Å². The Kier molecular flexibility index (Phi) is 5.65. The van der Waals surface area contributed by atoms with Crippen LogP contribution in [0, 0.1) is 5.41 Å². The Labute approximate surface area is 138 Å². The molecule has 6 nitrogen and oxygen atoms in total. The van der Waals surface area contributed by atoms with Gasteiger partial charge in [0.25, 0.3) is 0 Å². The fourth-order valence-electron chi connectivity index (χ4n) is 2.55. The second-order valence-electron chi connectivity index (χ2n) is 7.07. The summed E-state index contributed by atoms with van der Waals surface area (Å²) in [5.74, 6) is 0.495. The number of hydrogen-bond donors (Lipinski definition) is 1. The molecule has 0 bridgehead atoms. The van der Waals surface area contributed by atoms with Gasteiger partial charge in [-0.15, -0.1) is 0 Å². The van der Waals surface area contributed by atoms with Crippen LogP contribution in [-0.2, 0) is 21.3 Å². The highest BCUT2D eigenvalue weighted by atomic mass is 32.2. The molecule has 0 aliphatic carbocycles. The fourth-order valence-corrected chi connectivity index (χ4v) is 3.76. The van der Waals surface area contributed by atoms with Gasteiger partial charge in [-0.1, -0.05) is 13.8 Å². The van der Waals surface area contributed by atoms with Crippen molar-refractivity contribution >= 4 is 10.0 Å². The molecule has 1 aliphatic rings. The Morgan fingerprint density at radius 1 is 1.48 bits per heavy atom. The molecule has 7 heteroatoms. The highest BCUT2D eigenvalue weighted by Crippen LogP contribution is 2.31. The van der Waals surface area contributed by atoms with Gasteiger partial charge < -0.3 is 9.47 Å². The fraction of sp³-hybridized carbons (Fsp3) is 0.688. The summed E-state index contributed by atoms with van der Waals surface area (Å²) in [6, 6.07) is 3.52. The van der Waals surface area contributed by atoms with E-state index >= 15 is 0 Å². The van der Waals surface area contributed by atoms with E-state index in [1.54, 1.807) is 18.3 Å². The molecule has 0 aromatic carbocycles. The number of pyridine rings is 1. The zero-order valence-corrected chi connectivity index (χ0v) is 15.0. The highest BCUT2D eigenvalue weighted by Gasteiger charge is 2.34. The Morgan fingerprint density at radius 3 is 2.83 bits per heavy atom. The molecular weight excluding hydrogens is 316 g/mol. The van der Waals surface area contributed by atoms with E-state index < -0.39 is 10.0 Å². The minimum atomic E-state index is -3.39. The number of rotatable bonds is 7. The van der Waals surface area contributed by atoms with Crippen LogP contribution in [0.4, 0.5) is 0 Å². The van der Waals surface area contributed by atoms with E-state index in [0.717, 1.165) is 12.0 Å². The lowest BCUT2D eigenvalue weighted by molar-refractivity contribution is 0.113. The van der Waals surface area contributed by atoms with Gasteiger partial charge in [-0.25, -0.2) is 18.1 Å². The molecule has 1 N–H and O–H groups in total. The number of aromatic nitrogens is 1. The number of nitrogens with one attached hydrogen (secondary N) is 1. The first-order valence-corrected chi connectivity index (χ1v) is 9.51. The summed E-state index contributed by atoms with van der Waals surface area (Å²) < 4.78 is 38.1. The van der Waals surface area contributed by atoms with Gasteiger partial charge in [-0.3, -0.25) is 0 Å². The maximum absolute atomic E-state index is 12.2. The van der Waals surface area contributed by atoms with Gasteiger partial charge in [0.15, 0.2) is 0 Å². The summed E-state index contributed by atoms with van der Waals surface area (Å²) in [5.41, 5.74) is 0.862. The minimum Gasteiger partial charge on any atom is -0.475 e. The van der Waals surface area contributed by atoms with Gasteiger partial charge >= 0.3 is 0 Å². The predicted molar refractivity (Wildman–Crippen MR) is 88.8 cm³/mol. The number of nitrogens with zero attached hydrogens (tertiary/aromatic N) is 1. The van der Waals surface area contributed by atoms with Crippen LogP contribution in [0.5, 0.6) is 5.88 Å². The average molecular weight is 342 g/mol. The topological polar surface area (TPSA) is 77.5 Å². The quantitative estimate of drug-likeness (QED) is 0.821. The van der Waals surface area contributed by atoms with E-state index in [0.29, 0.717) is 12.5 Å². The van der Waals surface area contributed by atoms with Crippen molar-refractivity contribution in [3.8, 4) is 5.88 Å². The van der Waals surface area contributed by atoms with Crippen molar-refractivity contribution in [2.45, 2.75) is 52.9 Å². The number of sulfonamides is 1. The zero-order valence-electron chi connectivity index (χ0n) is 14.2. The van der Waals surface area contributed by atoms with Crippen molar-refractivity contribution in [1.82, 2.24) is 9.71 Å². The average Bonchev–Trinajstić information content (AvgIpc) is 2.75. The summed E-state index contributed by atoms with van der Waals surface area (Å²) in [7, 11) is -3.39. The lowest BCUT2D eigenvalue weighted by atomic mass is 9.91. The van der Waals surface area contributed by atoms with E-state index in [4.69, 9.17) is 9.47 Å². The summed E-state index contributed by atoms with van der Waals surface area (Å²) in [5, 5.41) is 0. The Morgan fingerprint density at radius 2 is 2.22 bits per heavy atom. The maximum Gasteiger partial charge on any atom is 0.214 e. The molecule has 1 atom stereocenters. The Hall–Kier alpha value is -1.18. The molecule has 2 rings (SSSR count). The highest BCUT2D eigenvalue weighted by molar-refractivity contribution is 7.89. The molecule has 130 valence electrons. The predicted octanol–water partition coefficient (Wildman–Crippen LogP) is 2.10. The second-order valence-corrected chi connectivity index (χ2v) is 8.92. The normalized spacial score (nSPS) is 20.8. The van der Waals surface area contributed by atoms with Crippen molar-refractivity contribution in [2.75, 3.05) is 12.4 Å². The van der Waals surface area contributed by atoms with Gasteiger partial charge in [0.1, 0.15) is 0 Å². The van der Waals surface area contributed by atoms with Gasteiger partial charge in [0.05, 0.1) is 24.6 Å². The third-order valence-electron chi connectivity index (χ3n) is 3.55. The molecule has 23 heavy (non-hydrogen) atoms. The lowest BCUT2D eigenvalue weighted by Gasteiger charge is -2.14. The first kappa shape index (κ1) is 18.2. The molecule has 0 radical (unpaired) electrons. The standard InChI is InChI=1S/C16H26N2O4S/c1-12(2)22-15-7-13(5-6-17-15)9-18-23(19,20)10-14-8-16(3,4)11-21-14/h5-7,12,14,18H,8-11H2,1-4H3. The molecule has 1 saturated heterocycles. The largest absolute Gasteiger partial charge is 0.475 e. The summed E-state index contributed by atoms with van der Waals surface area (Å²) in [4.78, 5) is 4.10. The third-order valence-corrected chi connectivity index (χ3v) is 4.94. The number of hydrogen-bond acceptors (Lipinski definition) is 5. The molecule has 2 heterocycles. The Balaban J connectivity index is 1.89. The lowest BCUT2D eigenvalue weighted by Crippen LogP contribution is -2.31. The number of ether oxygens (including phenoxy) is 2. The smallest absolute Gasteiger partial charge is 0.214 e. The van der Waals surface area contributed by atoms with Crippen LogP contribution < -0.4 is 9.46 Å². The maximum atomic E-state index is 12.2. The van der Waals surface area contributed by atoms with Gasteiger partial charge in [-0.2, -0.15) is 0 Å². The molecule has 1 aliphatic heterocycles. The van der Waals surface area contributed by atoms with Crippen LogP contribution in [-0.4, -0.2) is 38.0 Å². The molecular formula is C16H26N2O4S. The minimum absolute atomic E-state index is 0.00311. The molecule has 1 aromatic rings. The van der Waals surface area contributed by atoms with Crippen LogP contribution in [0.25, 0.3) is 0 Å². The summed E-state index contributed by atoms with van der Waals surface area (Å²) >= 11 is 0. The SMILES string of the molecule is CC(C)Oc1cc(CNS(=O)(=O)CC2CC(C)(C)CO2)ccn1. The van der Waals surface area contributed by atoms with Crippen LogP contribution >= 0.6 is 0 Å². The van der Waals surface area contributed by atoms with Gasteiger partial charge in [0, 0.05) is 18.8 Å². The van der Waals surface area contributed by atoms with Crippen molar-refractivity contribution < 1.29 is 17.9 Å². The zero-order chi connectivity index (χ0) is 17.1. The third kappa shape index (κ3) is 6.08. The van der Waals surface area contributed by atoms with E-state index in [-0.39, 0.29) is 29.9 Å². The summed E-state index contributed by atoms with van der Waals surface area (Å²) in [6.45, 7) is 8.82. The van der Waals surface area contributed by atoms with Crippen molar-refractivity contribution in [3.63, 3.8) is 0 Å². The monoisotopic (exact) mass is 342 g/mol. The first-order chi connectivity index (χ1) is 10.7. The molecule has 1 fully saturated rings. The molecule has 0 saturated carbocycles. The molecule has 0 spiro atoms. The molecule has 0 amide bonds. The van der Waals surface area contributed by atoms with E-state index in [2.05, 4.69) is 23.6 Å². The van der Waals surface area contributed by atoms with Gasteiger partial charge in [-0.05, 0) is 37.3 Å². The van der Waals surface area contributed by atoms with Crippen molar-refractivity contribution in [3.05, 3.63) is 23.9 Å². The second kappa shape index (κ2) is 7.15. The first-order valence-electron chi connectivity index (χ1n) is 7.86. The van der Waals surface area contributed by atoms with Crippen molar-refractivity contribution in [1.29, 1.82) is 0 Å². The Bertz CT molecular complexity index is 629. The van der Waals surface area contributed by atoms with E-state index in [1.165, 1.54) is 0 Å². The van der Waals surface area contributed by atoms with Crippen LogP contribution in [0.15, 0.2) is 18.3 Å². The van der Waals surface area contributed by atoms with Crippen LogP contribution in [0.2, 0.25) is 0 Å². The van der Waals surface area contributed by atoms with Crippen molar-refractivity contribution in [2.24, 2.45) is 5.41 Å². The van der Waals surface area contributed by atoms with Crippen LogP contribution in [0.3, 0.4) is 0 Å². The molecule has 1 unspecified atom stereocenters. The van der Waals surface area contributed by atoms with E-state index in [1.807, 2.05) is 13.8 Å². The van der Waals surface area contributed by atoms with E-state index in [9.17, 15) is 8.42 Å².